The third-order valence-corrected chi connectivity index (χ3v) is 15.4. The van der Waals surface area contributed by atoms with Crippen LogP contribution in [0.2, 0.25) is 0 Å². The topological polar surface area (TPSA) is 6.48 Å². The summed E-state index contributed by atoms with van der Waals surface area (Å²) in [7, 11) is 2.18. The summed E-state index contributed by atoms with van der Waals surface area (Å²) in [4.78, 5) is 4.78. The molecule has 344 valence electrons. The van der Waals surface area contributed by atoms with Crippen LogP contribution in [0.1, 0.15) is 143 Å². The zero-order valence-corrected chi connectivity index (χ0v) is 41.1. The molecule has 0 amide bonds. The lowest BCUT2D eigenvalue weighted by Crippen LogP contribution is -2.26. The van der Waals surface area contributed by atoms with Crippen molar-refractivity contribution in [2.24, 2.45) is 0 Å². The normalized spacial score (nSPS) is 13.1. The van der Waals surface area contributed by atoms with Gasteiger partial charge in [-0.25, -0.2) is 0 Å². The molecule has 7 aromatic rings. The van der Waals surface area contributed by atoms with Gasteiger partial charge in [0, 0.05) is 40.9 Å². The number of nitrogens with zero attached hydrogens (tertiary/aromatic N) is 2. The molecule has 2 heteroatoms. The fraction of sp³-hybridized carbons (Fsp3) is 0.354. The second-order valence-electron chi connectivity index (χ2n) is 20.0. The molecule has 0 unspecified atom stereocenters. The fourth-order valence-electron chi connectivity index (χ4n) is 11.2. The fourth-order valence-corrected chi connectivity index (χ4v) is 11.2. The molecule has 0 heterocycles. The molecule has 2 aliphatic carbocycles. The van der Waals surface area contributed by atoms with E-state index in [1.54, 1.807) is 22.3 Å². The number of fused-ring (bicyclic) bond motifs is 4. The summed E-state index contributed by atoms with van der Waals surface area (Å²) in [5.74, 6) is 0. The van der Waals surface area contributed by atoms with Crippen LogP contribution in [-0.2, 0) is 31.1 Å². The third-order valence-electron chi connectivity index (χ3n) is 15.4. The van der Waals surface area contributed by atoms with Crippen molar-refractivity contribution in [1.29, 1.82) is 0 Å². The van der Waals surface area contributed by atoms with E-state index in [4.69, 9.17) is 0 Å². The Bertz CT molecular complexity index is 2660. The van der Waals surface area contributed by atoms with Crippen molar-refractivity contribution < 1.29 is 0 Å². The first-order chi connectivity index (χ1) is 32.9. The van der Waals surface area contributed by atoms with Crippen LogP contribution in [0.5, 0.6) is 0 Å². The van der Waals surface area contributed by atoms with E-state index in [9.17, 15) is 0 Å². The largest absolute Gasteiger partial charge is 0.345 e. The third kappa shape index (κ3) is 10.5. The lowest BCUT2D eigenvalue weighted by molar-refractivity contribution is 0.398. The summed E-state index contributed by atoms with van der Waals surface area (Å²) in [6.45, 7) is 6.94. The molecule has 7 aromatic carbocycles. The van der Waals surface area contributed by atoms with Gasteiger partial charge in [-0.1, -0.05) is 194 Å². The summed E-state index contributed by atoms with van der Waals surface area (Å²) in [5, 5.41) is 0. The van der Waals surface area contributed by atoms with Crippen molar-refractivity contribution >= 4 is 28.4 Å². The van der Waals surface area contributed by atoms with Gasteiger partial charge in [0.2, 0.25) is 0 Å². The maximum absolute atomic E-state index is 2.59. The Hall–Kier alpha value is -5.86. The standard InChI is InChI=1S/C65H74N2/c1-5-7-9-11-13-18-44-65(45-19-14-12-10-8-6-2)63-46-49(3)22-42-61(63)62-43-41-60(48-64(62)65)67(58-20-16-15-17-21-58)59-39-37-57(38-40-59)66(4)56-35-33-53(34-36-56)52-28-25-50(26-29-52)23-24-51-27-30-54-31-32-55(54)47-51/h15-17,20-22,25-30,33-43,46-48H,5-14,18-19,23-24,31-32,44-45H2,1-4H3. The molecule has 0 saturated heterocycles. The molecular formula is C65H74N2. The minimum absolute atomic E-state index is 0.0268. The molecule has 9 rings (SSSR count). The van der Waals surface area contributed by atoms with Crippen molar-refractivity contribution in [2.45, 2.75) is 142 Å². The van der Waals surface area contributed by atoms with E-state index in [1.807, 2.05) is 0 Å². The average molecular weight is 883 g/mol. The molecule has 67 heavy (non-hydrogen) atoms. The van der Waals surface area contributed by atoms with Crippen molar-refractivity contribution in [2.75, 3.05) is 16.8 Å². The lowest BCUT2D eigenvalue weighted by atomic mass is 9.70. The number of para-hydroxylation sites is 1. The molecule has 0 spiro atoms. The molecule has 2 nitrogen and oxygen atoms in total. The summed E-state index contributed by atoms with van der Waals surface area (Å²) in [5.41, 5.74) is 21.8. The van der Waals surface area contributed by atoms with Gasteiger partial charge in [0.1, 0.15) is 0 Å². The van der Waals surface area contributed by atoms with Crippen LogP contribution in [0.3, 0.4) is 0 Å². The average Bonchev–Trinajstić information content (AvgIpc) is 3.61. The highest BCUT2D eigenvalue weighted by Crippen LogP contribution is 2.56. The Labute approximate surface area is 404 Å². The van der Waals surface area contributed by atoms with Crippen LogP contribution in [0.25, 0.3) is 22.3 Å². The molecule has 0 atom stereocenters. The number of rotatable bonds is 23. The highest BCUT2D eigenvalue weighted by molar-refractivity contribution is 5.86. The molecule has 0 bridgehead atoms. The second-order valence-corrected chi connectivity index (χ2v) is 20.0. The number of aryl methyl sites for hydroxylation is 5. The zero-order valence-electron chi connectivity index (χ0n) is 41.1. The molecular weight excluding hydrogens is 809 g/mol. The van der Waals surface area contributed by atoms with Gasteiger partial charge in [0.25, 0.3) is 0 Å². The van der Waals surface area contributed by atoms with Gasteiger partial charge in [-0.15, -0.1) is 0 Å². The number of hydrogen-bond donors (Lipinski definition) is 0. The van der Waals surface area contributed by atoms with Crippen LogP contribution in [-0.4, -0.2) is 7.05 Å². The Balaban J connectivity index is 0.952. The van der Waals surface area contributed by atoms with E-state index in [0.717, 1.165) is 12.8 Å². The van der Waals surface area contributed by atoms with Crippen molar-refractivity contribution in [3.8, 4) is 22.3 Å². The van der Waals surface area contributed by atoms with E-state index < -0.39 is 0 Å². The number of hydrogen-bond acceptors (Lipinski definition) is 2. The Morgan fingerprint density at radius 3 is 1.52 bits per heavy atom. The molecule has 0 aromatic heterocycles. The predicted molar refractivity (Wildman–Crippen MR) is 289 cm³/mol. The van der Waals surface area contributed by atoms with Crippen LogP contribution in [0.15, 0.2) is 158 Å². The van der Waals surface area contributed by atoms with Crippen LogP contribution in [0.4, 0.5) is 28.4 Å². The summed E-state index contributed by atoms with van der Waals surface area (Å²) < 4.78 is 0. The van der Waals surface area contributed by atoms with Crippen molar-refractivity contribution in [3.63, 3.8) is 0 Å². The summed E-state index contributed by atoms with van der Waals surface area (Å²) in [6, 6.07) is 60.2. The monoisotopic (exact) mass is 883 g/mol. The van der Waals surface area contributed by atoms with Gasteiger partial charge < -0.3 is 9.80 Å². The molecule has 0 radical (unpaired) electrons. The first kappa shape index (κ1) is 46.3. The lowest BCUT2D eigenvalue weighted by Gasteiger charge is -2.34. The van der Waals surface area contributed by atoms with Crippen LogP contribution in [0, 0.1) is 6.92 Å². The van der Waals surface area contributed by atoms with Gasteiger partial charge >= 0.3 is 0 Å². The Morgan fingerprint density at radius 2 is 0.910 bits per heavy atom. The Kier molecular flexibility index (Phi) is 15.1. The molecule has 0 fully saturated rings. The van der Waals surface area contributed by atoms with Gasteiger partial charge in [-0.2, -0.15) is 0 Å². The van der Waals surface area contributed by atoms with Crippen molar-refractivity contribution in [1.82, 2.24) is 0 Å². The highest BCUT2D eigenvalue weighted by atomic mass is 15.1. The first-order valence-electron chi connectivity index (χ1n) is 26.2. The van der Waals surface area contributed by atoms with E-state index >= 15 is 0 Å². The number of benzene rings is 7. The van der Waals surface area contributed by atoms with Crippen molar-refractivity contribution in [3.05, 3.63) is 197 Å². The zero-order chi connectivity index (χ0) is 46.0. The molecule has 0 N–H and O–H groups in total. The summed E-state index contributed by atoms with van der Waals surface area (Å²) in [6.07, 6.45) is 23.0. The van der Waals surface area contributed by atoms with E-state index in [-0.39, 0.29) is 5.41 Å². The van der Waals surface area contributed by atoms with Gasteiger partial charge in [0.05, 0.1) is 0 Å². The minimum atomic E-state index is 0.0268. The first-order valence-corrected chi connectivity index (χ1v) is 26.2. The van der Waals surface area contributed by atoms with Gasteiger partial charge in [-0.3, -0.25) is 0 Å². The SMILES string of the molecule is CCCCCCCCC1(CCCCCCCC)c2cc(C)ccc2-c2ccc(N(c3ccccc3)c3ccc(N(C)c4ccc(-c5ccc(CCc6ccc7c(c6)CC7)cc5)cc4)cc3)cc21. The summed E-state index contributed by atoms with van der Waals surface area (Å²) >= 11 is 0. The smallest absolute Gasteiger partial charge is 0.0465 e. The molecule has 0 saturated carbocycles. The van der Waals surface area contributed by atoms with Gasteiger partial charge in [-0.05, 0) is 162 Å². The van der Waals surface area contributed by atoms with E-state index in [0.29, 0.717) is 0 Å². The quantitative estimate of drug-likeness (QED) is 0.0591. The Morgan fingerprint density at radius 1 is 0.418 bits per heavy atom. The second kappa shape index (κ2) is 21.8. The van der Waals surface area contributed by atoms with Crippen LogP contribution < -0.4 is 9.80 Å². The van der Waals surface area contributed by atoms with E-state index in [1.165, 1.54) is 170 Å². The van der Waals surface area contributed by atoms with E-state index in [2.05, 4.69) is 195 Å². The maximum atomic E-state index is 2.59. The van der Waals surface area contributed by atoms with Crippen LogP contribution >= 0.6 is 0 Å². The highest BCUT2D eigenvalue weighted by Gasteiger charge is 2.42. The maximum Gasteiger partial charge on any atom is 0.0465 e. The van der Waals surface area contributed by atoms with Gasteiger partial charge in [0.15, 0.2) is 0 Å². The minimum Gasteiger partial charge on any atom is -0.345 e. The predicted octanol–water partition coefficient (Wildman–Crippen LogP) is 18.6. The molecule has 0 aliphatic heterocycles. The number of anilines is 5. The number of unbranched alkanes of at least 4 members (excludes halogenated alkanes) is 10. The molecule has 2 aliphatic rings.